The summed E-state index contributed by atoms with van der Waals surface area (Å²) in [5.74, 6) is -0.174. The monoisotopic (exact) mass is 418 g/mol. The molecule has 3 aromatic rings. The summed E-state index contributed by atoms with van der Waals surface area (Å²) in [5.41, 5.74) is 4.01. The Hall–Kier alpha value is -3.18. The van der Waals surface area contributed by atoms with Crippen molar-refractivity contribution in [3.8, 4) is 22.4 Å². The van der Waals surface area contributed by atoms with Crippen molar-refractivity contribution in [2.75, 3.05) is 13.1 Å². The maximum absolute atomic E-state index is 13.5. The summed E-state index contributed by atoms with van der Waals surface area (Å²) in [4.78, 5) is 40.3. The van der Waals surface area contributed by atoms with Gasteiger partial charge < -0.3 is 9.47 Å². The summed E-state index contributed by atoms with van der Waals surface area (Å²) in [6.45, 7) is 1.00. The van der Waals surface area contributed by atoms with Gasteiger partial charge in [-0.2, -0.15) is 0 Å². The molecule has 5 nitrogen and oxygen atoms in total. The van der Waals surface area contributed by atoms with Crippen molar-refractivity contribution in [3.05, 3.63) is 81.1 Å². The number of hydrogen-bond donors (Lipinski definition) is 0. The van der Waals surface area contributed by atoms with Crippen LogP contribution in [0.2, 0.25) is 5.02 Å². The van der Waals surface area contributed by atoms with Crippen molar-refractivity contribution >= 4 is 23.3 Å². The second-order valence-electron chi connectivity index (χ2n) is 7.71. The fourth-order valence-electron chi connectivity index (χ4n) is 4.35. The number of benzene rings is 2. The first-order valence-corrected chi connectivity index (χ1v) is 10.3. The number of hydrogen-bond acceptors (Lipinski definition) is 3. The van der Waals surface area contributed by atoms with Gasteiger partial charge in [-0.3, -0.25) is 14.4 Å². The van der Waals surface area contributed by atoms with Crippen LogP contribution in [0.1, 0.15) is 22.3 Å². The largest absolute Gasteiger partial charge is 0.331 e. The van der Waals surface area contributed by atoms with Gasteiger partial charge in [-0.25, -0.2) is 0 Å². The predicted octanol–water partition coefficient (Wildman–Crippen LogP) is 3.81. The number of nitrogens with zero attached hydrogens (tertiary/aromatic N) is 2. The first kappa shape index (κ1) is 18.8. The third-order valence-electron chi connectivity index (χ3n) is 5.85. The van der Waals surface area contributed by atoms with Gasteiger partial charge >= 0.3 is 0 Å². The normalized spacial score (nSPS) is 15.1. The molecular weight excluding hydrogens is 400 g/mol. The predicted molar refractivity (Wildman–Crippen MR) is 116 cm³/mol. The average Bonchev–Trinajstić information content (AvgIpc) is 3.20. The molecule has 2 aliphatic heterocycles. The van der Waals surface area contributed by atoms with Gasteiger partial charge in [0.15, 0.2) is 5.78 Å². The SMILES string of the molecule is O=C1CCN(C(=O)c2cc(-c3ccccc3)c(=O)n3c2-c2cc(Cl)ccc2CC3)C1. The molecule has 2 aromatic carbocycles. The molecule has 1 aromatic heterocycles. The van der Waals surface area contributed by atoms with E-state index in [0.29, 0.717) is 47.8 Å². The van der Waals surface area contributed by atoms with Crippen LogP contribution in [0.3, 0.4) is 0 Å². The number of aromatic nitrogens is 1. The Kier molecular flexibility index (Phi) is 4.55. The minimum absolute atomic E-state index is 0.0528. The van der Waals surface area contributed by atoms with E-state index in [-0.39, 0.29) is 23.8 Å². The van der Waals surface area contributed by atoms with Crippen LogP contribution in [-0.2, 0) is 17.8 Å². The van der Waals surface area contributed by atoms with E-state index in [9.17, 15) is 14.4 Å². The lowest BCUT2D eigenvalue weighted by molar-refractivity contribution is -0.116. The zero-order chi connectivity index (χ0) is 20.8. The lowest BCUT2D eigenvalue weighted by atomic mass is 9.92. The summed E-state index contributed by atoms with van der Waals surface area (Å²) >= 11 is 6.26. The van der Waals surface area contributed by atoms with E-state index < -0.39 is 0 Å². The Morgan fingerprint density at radius 2 is 1.70 bits per heavy atom. The molecule has 0 radical (unpaired) electrons. The van der Waals surface area contributed by atoms with E-state index in [0.717, 1.165) is 16.7 Å². The van der Waals surface area contributed by atoms with Crippen molar-refractivity contribution in [3.63, 3.8) is 0 Å². The minimum atomic E-state index is -0.227. The molecule has 1 saturated heterocycles. The van der Waals surface area contributed by atoms with E-state index >= 15 is 0 Å². The Bertz CT molecular complexity index is 1250. The lowest BCUT2D eigenvalue weighted by Gasteiger charge is -2.27. The van der Waals surface area contributed by atoms with Gasteiger partial charge in [0.05, 0.1) is 17.8 Å². The number of aryl methyl sites for hydroxylation is 1. The van der Waals surface area contributed by atoms with Gasteiger partial charge in [-0.1, -0.05) is 48.0 Å². The summed E-state index contributed by atoms with van der Waals surface area (Å²) in [5, 5.41) is 0.552. The first-order valence-electron chi connectivity index (χ1n) is 9.96. The smallest absolute Gasteiger partial charge is 0.258 e. The van der Waals surface area contributed by atoms with Gasteiger partial charge in [-0.05, 0) is 35.7 Å². The zero-order valence-corrected chi connectivity index (χ0v) is 17.0. The molecule has 30 heavy (non-hydrogen) atoms. The number of likely N-dealkylation sites (tertiary alicyclic amines) is 1. The minimum Gasteiger partial charge on any atom is -0.331 e. The van der Waals surface area contributed by atoms with Crippen LogP contribution < -0.4 is 5.56 Å². The molecule has 0 spiro atoms. The Morgan fingerprint density at radius 3 is 2.43 bits per heavy atom. The van der Waals surface area contributed by atoms with Crippen LogP contribution in [0.25, 0.3) is 22.4 Å². The molecular formula is C24H19ClN2O3. The molecule has 1 fully saturated rings. The quantitative estimate of drug-likeness (QED) is 0.636. The van der Waals surface area contributed by atoms with Crippen LogP contribution >= 0.6 is 11.6 Å². The zero-order valence-electron chi connectivity index (χ0n) is 16.2. The number of carbonyl (C=O) groups excluding carboxylic acids is 2. The van der Waals surface area contributed by atoms with E-state index in [4.69, 9.17) is 11.6 Å². The van der Waals surface area contributed by atoms with Crippen molar-refractivity contribution in [2.45, 2.75) is 19.4 Å². The molecule has 0 bridgehead atoms. The molecule has 0 saturated carbocycles. The van der Waals surface area contributed by atoms with Gasteiger partial charge in [0.25, 0.3) is 11.5 Å². The van der Waals surface area contributed by atoms with Crippen molar-refractivity contribution in [1.29, 1.82) is 0 Å². The topological polar surface area (TPSA) is 59.4 Å². The summed E-state index contributed by atoms with van der Waals surface area (Å²) in [6.07, 6.45) is 1.06. The van der Waals surface area contributed by atoms with Gasteiger partial charge in [-0.15, -0.1) is 0 Å². The highest BCUT2D eigenvalue weighted by atomic mass is 35.5. The number of Topliss-reactive ketones (excluding diaryl/α,β-unsaturated/α-hetero) is 1. The Balaban J connectivity index is 1.78. The number of fused-ring (bicyclic) bond motifs is 3. The fraction of sp³-hybridized carbons (Fsp3) is 0.208. The third-order valence-corrected chi connectivity index (χ3v) is 6.09. The summed E-state index contributed by atoms with van der Waals surface area (Å²) in [7, 11) is 0. The fourth-order valence-corrected chi connectivity index (χ4v) is 4.52. The first-order chi connectivity index (χ1) is 14.5. The Labute approximate surface area is 178 Å². The van der Waals surface area contributed by atoms with Crippen LogP contribution in [-0.4, -0.2) is 34.2 Å². The maximum Gasteiger partial charge on any atom is 0.258 e. The van der Waals surface area contributed by atoms with Gasteiger partial charge in [0.1, 0.15) is 0 Å². The average molecular weight is 419 g/mol. The number of amides is 1. The highest BCUT2D eigenvalue weighted by Crippen LogP contribution is 2.35. The number of halogens is 1. The molecule has 0 aliphatic carbocycles. The Morgan fingerprint density at radius 1 is 0.900 bits per heavy atom. The van der Waals surface area contributed by atoms with E-state index in [2.05, 4.69) is 0 Å². The molecule has 3 heterocycles. The third kappa shape index (κ3) is 3.06. The van der Waals surface area contributed by atoms with Crippen molar-refractivity contribution < 1.29 is 9.59 Å². The van der Waals surface area contributed by atoms with Crippen LogP contribution in [0.5, 0.6) is 0 Å². The molecule has 1 amide bonds. The molecule has 0 unspecified atom stereocenters. The molecule has 0 N–H and O–H groups in total. The summed E-state index contributed by atoms with van der Waals surface area (Å²) < 4.78 is 1.69. The van der Waals surface area contributed by atoms with Crippen molar-refractivity contribution in [2.24, 2.45) is 0 Å². The molecule has 2 aliphatic rings. The van der Waals surface area contributed by atoms with E-state index in [1.165, 1.54) is 0 Å². The van der Waals surface area contributed by atoms with Gasteiger partial charge in [0, 0.05) is 35.7 Å². The maximum atomic E-state index is 13.5. The van der Waals surface area contributed by atoms with E-state index in [1.54, 1.807) is 15.5 Å². The van der Waals surface area contributed by atoms with Crippen molar-refractivity contribution in [1.82, 2.24) is 9.47 Å². The number of pyridine rings is 1. The van der Waals surface area contributed by atoms with Crippen LogP contribution in [0.4, 0.5) is 0 Å². The highest BCUT2D eigenvalue weighted by Gasteiger charge is 2.31. The number of ketones is 1. The highest BCUT2D eigenvalue weighted by molar-refractivity contribution is 6.31. The molecule has 5 rings (SSSR count). The summed E-state index contributed by atoms with van der Waals surface area (Å²) in [6, 6.07) is 16.6. The molecule has 0 atom stereocenters. The number of carbonyl (C=O) groups is 2. The van der Waals surface area contributed by atoms with Crippen LogP contribution in [0.15, 0.2) is 59.4 Å². The van der Waals surface area contributed by atoms with E-state index in [1.807, 2.05) is 48.5 Å². The molecule has 6 heteroatoms. The standard InChI is InChI=1S/C24H19ClN2O3/c25-17-7-6-16-8-11-27-22(19(16)12-17)21(23(29)26-10-9-18(28)14-26)13-20(24(27)30)15-4-2-1-3-5-15/h1-7,12-13H,8-11,14H2. The van der Waals surface area contributed by atoms with Crippen LogP contribution in [0, 0.1) is 0 Å². The van der Waals surface area contributed by atoms with Gasteiger partial charge in [0.2, 0.25) is 0 Å². The second-order valence-corrected chi connectivity index (χ2v) is 8.15. The second kappa shape index (κ2) is 7.26. The molecule has 150 valence electrons. The lowest BCUT2D eigenvalue weighted by Crippen LogP contribution is -2.34. The number of rotatable bonds is 2.